The summed E-state index contributed by atoms with van der Waals surface area (Å²) in [5, 5.41) is 5.32. The third-order valence-corrected chi connectivity index (χ3v) is 3.57. The van der Waals surface area contributed by atoms with E-state index in [1.807, 2.05) is 12.1 Å². The number of halogens is 2. The summed E-state index contributed by atoms with van der Waals surface area (Å²) < 4.78 is 32.4. The molecule has 26 heavy (non-hydrogen) atoms. The summed E-state index contributed by atoms with van der Waals surface area (Å²) in [6.07, 6.45) is 1.43. The molecule has 0 bridgehead atoms. The first-order chi connectivity index (χ1) is 12.6. The number of nitrogens with zero attached hydrogens (tertiary/aromatic N) is 1. The number of amides is 1. The van der Waals surface area contributed by atoms with Crippen molar-refractivity contribution in [3.05, 3.63) is 78.1 Å². The molecular weight excluding hydrogens is 340 g/mol. The Morgan fingerprint density at radius 3 is 2.35 bits per heavy atom. The van der Waals surface area contributed by atoms with E-state index >= 15 is 0 Å². The van der Waals surface area contributed by atoms with Crippen molar-refractivity contribution in [1.82, 2.24) is 4.98 Å². The first-order valence-electron chi connectivity index (χ1n) is 7.69. The van der Waals surface area contributed by atoms with Crippen LogP contribution in [0.25, 0.3) is 0 Å². The molecule has 7 heteroatoms. The van der Waals surface area contributed by atoms with Crippen LogP contribution in [0.3, 0.4) is 0 Å². The van der Waals surface area contributed by atoms with Crippen molar-refractivity contribution in [2.24, 2.45) is 0 Å². The fourth-order valence-corrected chi connectivity index (χ4v) is 2.27. The van der Waals surface area contributed by atoms with Gasteiger partial charge in [-0.15, -0.1) is 0 Å². The van der Waals surface area contributed by atoms with Crippen molar-refractivity contribution in [1.29, 1.82) is 0 Å². The van der Waals surface area contributed by atoms with Crippen LogP contribution in [0.15, 0.2) is 60.8 Å². The number of rotatable bonds is 5. The van der Waals surface area contributed by atoms with Crippen LogP contribution in [-0.2, 0) is 0 Å². The van der Waals surface area contributed by atoms with Gasteiger partial charge in [-0.05, 0) is 48.5 Å². The van der Waals surface area contributed by atoms with Crippen LogP contribution >= 0.6 is 0 Å². The number of pyridine rings is 1. The average molecular weight is 355 g/mol. The zero-order chi connectivity index (χ0) is 18.5. The van der Waals surface area contributed by atoms with Crippen molar-refractivity contribution >= 4 is 23.0 Å². The van der Waals surface area contributed by atoms with Crippen LogP contribution in [0.1, 0.15) is 10.5 Å². The van der Waals surface area contributed by atoms with E-state index in [4.69, 9.17) is 4.74 Å². The summed E-state index contributed by atoms with van der Waals surface area (Å²) >= 11 is 0. The Kier molecular flexibility index (Phi) is 5.07. The molecule has 1 amide bonds. The van der Waals surface area contributed by atoms with Crippen LogP contribution in [0.2, 0.25) is 0 Å². The molecule has 1 aromatic heterocycles. The predicted octanol–water partition coefficient (Wildman–Crippen LogP) is 4.36. The lowest BCUT2D eigenvalue weighted by Crippen LogP contribution is -2.16. The highest BCUT2D eigenvalue weighted by molar-refractivity contribution is 6.03. The lowest BCUT2D eigenvalue weighted by Gasteiger charge is -2.10. The van der Waals surface area contributed by atoms with Gasteiger partial charge in [0.15, 0.2) is 0 Å². The third kappa shape index (κ3) is 3.94. The molecule has 5 nitrogen and oxygen atoms in total. The number of anilines is 3. The summed E-state index contributed by atoms with van der Waals surface area (Å²) in [5.41, 5.74) is 0.895. The Morgan fingerprint density at radius 2 is 1.69 bits per heavy atom. The quantitative estimate of drug-likeness (QED) is 0.714. The van der Waals surface area contributed by atoms with Crippen LogP contribution in [0, 0.1) is 11.6 Å². The van der Waals surface area contributed by atoms with Gasteiger partial charge in [0.25, 0.3) is 5.91 Å². The number of benzene rings is 2. The molecule has 132 valence electrons. The smallest absolute Gasteiger partial charge is 0.274 e. The molecule has 0 unspecified atom stereocenters. The molecule has 0 aliphatic rings. The Labute approximate surface area is 148 Å². The first-order valence-corrected chi connectivity index (χ1v) is 7.69. The number of carbonyl (C=O) groups excluding carboxylic acids is 1. The number of hydrogen-bond acceptors (Lipinski definition) is 4. The molecule has 0 radical (unpaired) electrons. The molecule has 0 fully saturated rings. The molecule has 0 saturated carbocycles. The number of hydrogen-bond donors (Lipinski definition) is 2. The first kappa shape index (κ1) is 17.3. The number of para-hydroxylation sites is 1. The van der Waals surface area contributed by atoms with Gasteiger partial charge in [0.2, 0.25) is 0 Å². The van der Waals surface area contributed by atoms with Crippen molar-refractivity contribution in [2.75, 3.05) is 17.7 Å². The monoisotopic (exact) mass is 355 g/mol. The summed E-state index contributed by atoms with van der Waals surface area (Å²) in [6.45, 7) is 0. The summed E-state index contributed by atoms with van der Waals surface area (Å²) in [7, 11) is 1.58. The summed E-state index contributed by atoms with van der Waals surface area (Å²) in [5.74, 6) is -1.71. The zero-order valence-electron chi connectivity index (χ0n) is 13.8. The van der Waals surface area contributed by atoms with E-state index in [0.29, 0.717) is 5.69 Å². The van der Waals surface area contributed by atoms with Crippen molar-refractivity contribution < 1.29 is 18.3 Å². The van der Waals surface area contributed by atoms with Crippen molar-refractivity contribution in [3.8, 4) is 5.75 Å². The van der Waals surface area contributed by atoms with Gasteiger partial charge in [-0.1, -0.05) is 6.07 Å². The lowest BCUT2D eigenvalue weighted by atomic mass is 10.2. The zero-order valence-corrected chi connectivity index (χ0v) is 13.8. The number of carbonyl (C=O) groups is 1. The van der Waals surface area contributed by atoms with E-state index in [9.17, 15) is 13.6 Å². The Hall–Kier alpha value is -3.48. The topological polar surface area (TPSA) is 63.2 Å². The molecule has 0 aliphatic heterocycles. The largest absolute Gasteiger partial charge is 0.497 e. The van der Waals surface area contributed by atoms with E-state index in [0.717, 1.165) is 23.6 Å². The minimum atomic E-state index is -0.856. The van der Waals surface area contributed by atoms with E-state index in [1.54, 1.807) is 25.3 Å². The van der Waals surface area contributed by atoms with Gasteiger partial charge in [-0.25, -0.2) is 8.78 Å². The van der Waals surface area contributed by atoms with Gasteiger partial charge in [-0.2, -0.15) is 0 Å². The normalized spacial score (nSPS) is 10.3. The summed E-state index contributed by atoms with van der Waals surface area (Å²) in [4.78, 5) is 16.2. The van der Waals surface area contributed by atoms with Gasteiger partial charge < -0.3 is 15.4 Å². The van der Waals surface area contributed by atoms with Gasteiger partial charge in [0, 0.05) is 17.6 Å². The fourth-order valence-electron chi connectivity index (χ4n) is 2.27. The number of nitrogens with one attached hydrogen (secondary N) is 2. The second-order valence-electron chi connectivity index (χ2n) is 5.33. The van der Waals surface area contributed by atoms with Crippen LogP contribution in [0.5, 0.6) is 5.75 Å². The van der Waals surface area contributed by atoms with E-state index in [1.165, 1.54) is 18.3 Å². The molecule has 0 saturated heterocycles. The van der Waals surface area contributed by atoms with Crippen LogP contribution in [0.4, 0.5) is 25.8 Å². The minimum absolute atomic E-state index is 0.0196. The lowest BCUT2D eigenvalue weighted by molar-refractivity contribution is 0.102. The molecule has 0 spiro atoms. The Morgan fingerprint density at radius 1 is 1.00 bits per heavy atom. The molecule has 0 atom stereocenters. The Bertz CT molecular complexity index is 910. The molecule has 3 rings (SSSR count). The predicted molar refractivity (Wildman–Crippen MR) is 94.8 cm³/mol. The van der Waals surface area contributed by atoms with Crippen LogP contribution < -0.4 is 15.4 Å². The van der Waals surface area contributed by atoms with Gasteiger partial charge in [-0.3, -0.25) is 9.78 Å². The van der Waals surface area contributed by atoms with E-state index in [-0.39, 0.29) is 5.69 Å². The number of methoxy groups -OCH3 is 1. The molecule has 3 aromatic rings. The van der Waals surface area contributed by atoms with Gasteiger partial charge in [0.1, 0.15) is 28.8 Å². The van der Waals surface area contributed by atoms with Gasteiger partial charge in [0.05, 0.1) is 7.11 Å². The highest BCUT2D eigenvalue weighted by Gasteiger charge is 2.14. The van der Waals surface area contributed by atoms with Crippen molar-refractivity contribution in [2.45, 2.75) is 0 Å². The average Bonchev–Trinajstić information content (AvgIpc) is 2.65. The maximum atomic E-state index is 13.7. The highest BCUT2D eigenvalue weighted by Crippen LogP contribution is 2.21. The maximum Gasteiger partial charge on any atom is 0.274 e. The molecule has 2 N–H and O–H groups in total. The summed E-state index contributed by atoms with van der Waals surface area (Å²) in [6, 6.07) is 13.7. The maximum absolute atomic E-state index is 13.7. The molecular formula is C19H15F2N3O2. The van der Waals surface area contributed by atoms with Gasteiger partial charge >= 0.3 is 0 Å². The third-order valence-electron chi connectivity index (χ3n) is 3.57. The molecule has 0 aliphatic carbocycles. The number of aromatic nitrogens is 1. The fraction of sp³-hybridized carbons (Fsp3) is 0.0526. The van der Waals surface area contributed by atoms with Crippen LogP contribution in [-0.4, -0.2) is 18.0 Å². The SMILES string of the molecule is COc1ccc(Nc2ccnc(C(=O)Nc3c(F)cccc3F)c2)cc1. The molecule has 2 aromatic carbocycles. The second kappa shape index (κ2) is 7.60. The molecule has 1 heterocycles. The number of ether oxygens (including phenoxy) is 1. The second-order valence-corrected chi connectivity index (χ2v) is 5.33. The Balaban J connectivity index is 1.76. The van der Waals surface area contributed by atoms with E-state index in [2.05, 4.69) is 15.6 Å². The minimum Gasteiger partial charge on any atom is -0.497 e. The standard InChI is InChI=1S/C19H15F2N3O2/c1-26-14-7-5-12(6-8-14)23-13-9-10-22-17(11-13)19(25)24-18-15(20)3-2-4-16(18)21/h2-11H,1H3,(H,22,23)(H,24,25). The van der Waals surface area contributed by atoms with Crippen molar-refractivity contribution in [3.63, 3.8) is 0 Å². The van der Waals surface area contributed by atoms with E-state index < -0.39 is 23.2 Å². The highest BCUT2D eigenvalue weighted by atomic mass is 19.1.